The Labute approximate surface area is 118 Å². The van der Waals surface area contributed by atoms with Gasteiger partial charge in [0.15, 0.2) is 5.75 Å². The lowest BCUT2D eigenvalue weighted by molar-refractivity contribution is 0.476. The van der Waals surface area contributed by atoms with Crippen LogP contribution in [0.15, 0.2) is 36.7 Å². The van der Waals surface area contributed by atoms with Gasteiger partial charge in [0.2, 0.25) is 0 Å². The third-order valence-electron chi connectivity index (χ3n) is 3.31. The summed E-state index contributed by atoms with van der Waals surface area (Å²) in [5.41, 5.74) is 1.24. The zero-order chi connectivity index (χ0) is 13.8. The number of hydrogen-bond acceptors (Lipinski definition) is 5. The van der Waals surface area contributed by atoms with Crippen molar-refractivity contribution < 1.29 is 4.74 Å². The smallest absolute Gasteiger partial charge is 0.164 e. The molecule has 5 heteroatoms. The summed E-state index contributed by atoms with van der Waals surface area (Å²) in [5.74, 6) is 2.20. The normalized spacial score (nSPS) is 15.2. The molecule has 1 aliphatic rings. The molecule has 1 fully saturated rings. The zero-order valence-electron chi connectivity index (χ0n) is 11.5. The van der Waals surface area contributed by atoms with Gasteiger partial charge in [-0.2, -0.15) is 0 Å². The molecular weight excluding hydrogens is 252 g/mol. The highest BCUT2D eigenvalue weighted by molar-refractivity contribution is 5.50. The van der Waals surface area contributed by atoms with E-state index in [1.54, 1.807) is 12.4 Å². The van der Waals surface area contributed by atoms with Crippen molar-refractivity contribution >= 4 is 5.69 Å². The second kappa shape index (κ2) is 5.88. The van der Waals surface area contributed by atoms with Gasteiger partial charge in [0, 0.05) is 31.9 Å². The minimum atomic E-state index is 0.658. The van der Waals surface area contributed by atoms with Gasteiger partial charge in [-0.05, 0) is 31.2 Å². The third kappa shape index (κ3) is 3.05. The van der Waals surface area contributed by atoms with Crippen LogP contribution in [-0.2, 0) is 0 Å². The minimum Gasteiger partial charge on any atom is -0.454 e. The van der Waals surface area contributed by atoms with Crippen molar-refractivity contribution in [3.63, 3.8) is 0 Å². The Morgan fingerprint density at radius 1 is 1.00 bits per heavy atom. The van der Waals surface area contributed by atoms with E-state index in [4.69, 9.17) is 4.74 Å². The van der Waals surface area contributed by atoms with Crippen molar-refractivity contribution in [2.75, 3.05) is 31.1 Å². The van der Waals surface area contributed by atoms with Gasteiger partial charge in [-0.25, -0.2) is 9.97 Å². The maximum absolute atomic E-state index is 5.72. The van der Waals surface area contributed by atoms with E-state index in [1.807, 2.05) is 19.1 Å². The Kier molecular flexibility index (Phi) is 3.78. The first-order valence-electron chi connectivity index (χ1n) is 6.83. The van der Waals surface area contributed by atoms with Crippen molar-refractivity contribution in [3.8, 4) is 11.5 Å². The Balaban J connectivity index is 1.67. The number of piperazine rings is 1. The summed E-state index contributed by atoms with van der Waals surface area (Å²) < 4.78 is 5.72. The number of nitrogens with one attached hydrogen (secondary N) is 1. The highest BCUT2D eigenvalue weighted by Crippen LogP contribution is 2.23. The molecule has 3 rings (SSSR count). The molecule has 1 aromatic heterocycles. The first-order chi connectivity index (χ1) is 9.81. The van der Waals surface area contributed by atoms with Crippen LogP contribution < -0.4 is 15.0 Å². The molecule has 0 bridgehead atoms. The molecule has 1 N–H and O–H groups in total. The van der Waals surface area contributed by atoms with E-state index in [-0.39, 0.29) is 0 Å². The number of aromatic nitrogens is 2. The summed E-state index contributed by atoms with van der Waals surface area (Å²) >= 11 is 0. The molecule has 0 amide bonds. The van der Waals surface area contributed by atoms with Crippen molar-refractivity contribution in [1.82, 2.24) is 15.3 Å². The lowest BCUT2D eigenvalue weighted by Gasteiger charge is -2.29. The SMILES string of the molecule is Cc1ncc(Oc2ccc(N3CCNCC3)cc2)cn1. The molecule has 1 saturated heterocycles. The summed E-state index contributed by atoms with van der Waals surface area (Å²) in [7, 11) is 0. The zero-order valence-corrected chi connectivity index (χ0v) is 11.5. The fourth-order valence-electron chi connectivity index (χ4n) is 2.22. The van der Waals surface area contributed by atoms with Gasteiger partial charge in [-0.3, -0.25) is 0 Å². The lowest BCUT2D eigenvalue weighted by Crippen LogP contribution is -2.43. The molecule has 20 heavy (non-hydrogen) atoms. The number of benzene rings is 1. The summed E-state index contributed by atoms with van der Waals surface area (Å²) in [4.78, 5) is 10.6. The number of ether oxygens (including phenoxy) is 1. The molecular formula is C15H18N4O. The number of rotatable bonds is 3. The molecule has 2 aromatic rings. The molecule has 0 aliphatic carbocycles. The molecule has 0 unspecified atom stereocenters. The first-order valence-corrected chi connectivity index (χ1v) is 6.83. The fourth-order valence-corrected chi connectivity index (χ4v) is 2.22. The highest BCUT2D eigenvalue weighted by Gasteiger charge is 2.10. The van der Waals surface area contributed by atoms with Crippen LogP contribution in [0.3, 0.4) is 0 Å². The molecule has 104 valence electrons. The number of aryl methyl sites for hydroxylation is 1. The Bertz CT molecular complexity index is 547. The largest absolute Gasteiger partial charge is 0.454 e. The van der Waals surface area contributed by atoms with Crippen LogP contribution in [0.1, 0.15) is 5.82 Å². The first kappa shape index (κ1) is 12.9. The Hall–Kier alpha value is -2.14. The van der Waals surface area contributed by atoms with E-state index >= 15 is 0 Å². The Morgan fingerprint density at radius 3 is 2.30 bits per heavy atom. The molecule has 0 atom stereocenters. The predicted octanol–water partition coefficient (Wildman–Crippen LogP) is 1.99. The maximum Gasteiger partial charge on any atom is 0.164 e. The van der Waals surface area contributed by atoms with Crippen LogP contribution in [-0.4, -0.2) is 36.1 Å². The van der Waals surface area contributed by atoms with Gasteiger partial charge in [0.05, 0.1) is 12.4 Å². The Morgan fingerprint density at radius 2 is 1.65 bits per heavy atom. The van der Waals surface area contributed by atoms with E-state index < -0.39 is 0 Å². The monoisotopic (exact) mass is 270 g/mol. The molecule has 2 heterocycles. The van der Waals surface area contributed by atoms with Crippen molar-refractivity contribution in [2.24, 2.45) is 0 Å². The average Bonchev–Trinajstić information content (AvgIpc) is 2.51. The van der Waals surface area contributed by atoms with E-state index in [9.17, 15) is 0 Å². The van der Waals surface area contributed by atoms with Crippen LogP contribution in [0.4, 0.5) is 5.69 Å². The second-order valence-electron chi connectivity index (χ2n) is 4.80. The van der Waals surface area contributed by atoms with Gasteiger partial charge in [0.25, 0.3) is 0 Å². The van der Waals surface area contributed by atoms with Crippen LogP contribution >= 0.6 is 0 Å². The van der Waals surface area contributed by atoms with E-state index in [0.717, 1.165) is 37.8 Å². The number of anilines is 1. The summed E-state index contributed by atoms with van der Waals surface area (Å²) in [6.45, 7) is 6.03. The summed E-state index contributed by atoms with van der Waals surface area (Å²) in [6, 6.07) is 8.15. The average molecular weight is 270 g/mol. The van der Waals surface area contributed by atoms with E-state index in [1.165, 1.54) is 5.69 Å². The second-order valence-corrected chi connectivity index (χ2v) is 4.80. The highest BCUT2D eigenvalue weighted by atomic mass is 16.5. The fraction of sp³-hybridized carbons (Fsp3) is 0.333. The maximum atomic E-state index is 5.72. The molecule has 0 radical (unpaired) electrons. The molecule has 0 saturated carbocycles. The molecule has 1 aromatic carbocycles. The minimum absolute atomic E-state index is 0.658. The van der Waals surface area contributed by atoms with Crippen molar-refractivity contribution in [3.05, 3.63) is 42.5 Å². The third-order valence-corrected chi connectivity index (χ3v) is 3.31. The molecule has 0 spiro atoms. The summed E-state index contributed by atoms with van der Waals surface area (Å²) in [6.07, 6.45) is 3.37. The van der Waals surface area contributed by atoms with Gasteiger partial charge < -0.3 is 15.0 Å². The van der Waals surface area contributed by atoms with Crippen LogP contribution in [0.25, 0.3) is 0 Å². The van der Waals surface area contributed by atoms with Gasteiger partial charge in [-0.15, -0.1) is 0 Å². The van der Waals surface area contributed by atoms with Crippen molar-refractivity contribution in [2.45, 2.75) is 6.92 Å². The van der Waals surface area contributed by atoms with Crippen molar-refractivity contribution in [1.29, 1.82) is 0 Å². The van der Waals surface area contributed by atoms with E-state index in [2.05, 4.69) is 32.3 Å². The molecule has 5 nitrogen and oxygen atoms in total. The number of hydrogen-bond donors (Lipinski definition) is 1. The topological polar surface area (TPSA) is 50.3 Å². The number of nitrogens with zero attached hydrogens (tertiary/aromatic N) is 3. The van der Waals surface area contributed by atoms with Gasteiger partial charge in [-0.1, -0.05) is 0 Å². The standard InChI is InChI=1S/C15H18N4O/c1-12-17-10-15(11-18-12)20-14-4-2-13(3-5-14)19-8-6-16-7-9-19/h2-5,10-11,16H,6-9H2,1H3. The van der Waals surface area contributed by atoms with Crippen LogP contribution in [0.2, 0.25) is 0 Å². The quantitative estimate of drug-likeness (QED) is 0.924. The van der Waals surface area contributed by atoms with Gasteiger partial charge in [0.1, 0.15) is 11.6 Å². The van der Waals surface area contributed by atoms with E-state index in [0.29, 0.717) is 5.75 Å². The van der Waals surface area contributed by atoms with Crippen LogP contribution in [0.5, 0.6) is 11.5 Å². The van der Waals surface area contributed by atoms with Crippen LogP contribution in [0, 0.1) is 6.92 Å². The van der Waals surface area contributed by atoms with Gasteiger partial charge >= 0.3 is 0 Å². The summed E-state index contributed by atoms with van der Waals surface area (Å²) in [5, 5.41) is 3.35. The molecule has 1 aliphatic heterocycles. The predicted molar refractivity (Wildman–Crippen MR) is 78.4 cm³/mol. The lowest BCUT2D eigenvalue weighted by atomic mass is 10.2.